The summed E-state index contributed by atoms with van der Waals surface area (Å²) in [5.41, 5.74) is 0.937. The van der Waals surface area contributed by atoms with E-state index in [-0.39, 0.29) is 5.56 Å². The Bertz CT molecular complexity index is 532. The zero-order chi connectivity index (χ0) is 10.8. The van der Waals surface area contributed by atoms with Crippen molar-refractivity contribution in [3.63, 3.8) is 0 Å². The quantitative estimate of drug-likeness (QED) is 0.808. The number of thiazole rings is 1. The molecule has 0 unspecified atom stereocenters. The van der Waals surface area contributed by atoms with E-state index in [1.165, 1.54) is 11.3 Å². The van der Waals surface area contributed by atoms with Gasteiger partial charge in [-0.2, -0.15) is 0 Å². The molecule has 15 heavy (non-hydrogen) atoms. The number of aromatic nitrogens is 2. The van der Waals surface area contributed by atoms with Crippen molar-refractivity contribution in [2.24, 2.45) is 0 Å². The topological polar surface area (TPSA) is 34.9 Å². The summed E-state index contributed by atoms with van der Waals surface area (Å²) in [6, 6.07) is 5.22. The van der Waals surface area contributed by atoms with Gasteiger partial charge in [0.05, 0.1) is 6.54 Å². The highest BCUT2D eigenvalue weighted by Crippen LogP contribution is 2.18. The highest BCUT2D eigenvalue weighted by Gasteiger charge is 2.03. The minimum atomic E-state index is -0.000442. The molecule has 0 saturated carbocycles. The minimum absolute atomic E-state index is 0.000442. The van der Waals surface area contributed by atoms with Crippen LogP contribution in [0.5, 0.6) is 0 Å². The second kappa shape index (κ2) is 4.16. The van der Waals surface area contributed by atoms with E-state index in [9.17, 15) is 4.79 Å². The van der Waals surface area contributed by atoms with Gasteiger partial charge in [0.2, 0.25) is 0 Å². The van der Waals surface area contributed by atoms with Crippen molar-refractivity contribution >= 4 is 22.9 Å². The number of hydrogen-bond donors (Lipinski definition) is 0. The van der Waals surface area contributed by atoms with Gasteiger partial charge in [0.1, 0.15) is 0 Å². The summed E-state index contributed by atoms with van der Waals surface area (Å²) in [5, 5.41) is 0. The molecule has 0 aliphatic carbocycles. The summed E-state index contributed by atoms with van der Waals surface area (Å²) in [7, 11) is 0. The van der Waals surface area contributed by atoms with Gasteiger partial charge in [-0.25, -0.2) is 4.98 Å². The van der Waals surface area contributed by atoms with Gasteiger partial charge in [0.25, 0.3) is 5.56 Å². The van der Waals surface area contributed by atoms with E-state index < -0.39 is 0 Å². The Morgan fingerprint density at radius 2 is 2.33 bits per heavy atom. The van der Waals surface area contributed by atoms with Gasteiger partial charge in [0, 0.05) is 22.8 Å². The molecule has 0 spiro atoms. The van der Waals surface area contributed by atoms with Crippen molar-refractivity contribution in [1.29, 1.82) is 0 Å². The summed E-state index contributed by atoms with van der Waals surface area (Å²) < 4.78 is 2.20. The SMILES string of the molecule is Cc1cccc(=O)n1Cc1cnc(Cl)s1. The maximum atomic E-state index is 11.6. The maximum absolute atomic E-state index is 11.6. The first-order chi connectivity index (χ1) is 7.16. The molecular formula is C10H9ClN2OS. The monoisotopic (exact) mass is 240 g/mol. The Morgan fingerprint density at radius 3 is 2.93 bits per heavy atom. The van der Waals surface area contributed by atoms with Crippen molar-refractivity contribution in [3.05, 3.63) is 49.8 Å². The molecule has 0 atom stereocenters. The van der Waals surface area contributed by atoms with Gasteiger partial charge < -0.3 is 4.57 Å². The number of pyridine rings is 1. The number of halogens is 1. The molecule has 78 valence electrons. The van der Waals surface area contributed by atoms with Crippen LogP contribution in [-0.4, -0.2) is 9.55 Å². The molecule has 0 aliphatic heterocycles. The number of rotatable bonds is 2. The lowest BCUT2D eigenvalue weighted by molar-refractivity contribution is 0.738. The number of aryl methyl sites for hydroxylation is 1. The Kier molecular flexibility index (Phi) is 2.88. The van der Waals surface area contributed by atoms with Crippen LogP contribution in [0.4, 0.5) is 0 Å². The van der Waals surface area contributed by atoms with E-state index in [1.54, 1.807) is 22.9 Å². The second-order valence-electron chi connectivity index (χ2n) is 3.17. The summed E-state index contributed by atoms with van der Waals surface area (Å²) in [6.45, 7) is 2.44. The van der Waals surface area contributed by atoms with E-state index in [0.717, 1.165) is 10.6 Å². The van der Waals surface area contributed by atoms with Crippen LogP contribution in [0.3, 0.4) is 0 Å². The van der Waals surface area contributed by atoms with Crippen LogP contribution in [0.1, 0.15) is 10.6 Å². The van der Waals surface area contributed by atoms with Crippen molar-refractivity contribution in [2.45, 2.75) is 13.5 Å². The van der Waals surface area contributed by atoms with Gasteiger partial charge in [-0.1, -0.05) is 17.7 Å². The first-order valence-electron chi connectivity index (χ1n) is 4.43. The molecule has 0 bridgehead atoms. The fourth-order valence-electron chi connectivity index (χ4n) is 1.34. The molecule has 0 N–H and O–H groups in total. The zero-order valence-electron chi connectivity index (χ0n) is 8.11. The normalized spacial score (nSPS) is 10.5. The molecule has 2 rings (SSSR count). The van der Waals surface area contributed by atoms with Crippen LogP contribution in [0, 0.1) is 6.92 Å². The molecular weight excluding hydrogens is 232 g/mol. The molecule has 2 aromatic rings. The minimum Gasteiger partial charge on any atom is -0.308 e. The highest BCUT2D eigenvalue weighted by atomic mass is 35.5. The lowest BCUT2D eigenvalue weighted by atomic mass is 10.3. The van der Waals surface area contributed by atoms with Gasteiger partial charge in [-0.15, -0.1) is 11.3 Å². The first kappa shape index (κ1) is 10.4. The Morgan fingerprint density at radius 1 is 1.53 bits per heavy atom. The third kappa shape index (κ3) is 2.27. The molecule has 0 aliphatic rings. The van der Waals surface area contributed by atoms with E-state index >= 15 is 0 Å². The third-order valence-electron chi connectivity index (χ3n) is 2.11. The van der Waals surface area contributed by atoms with Gasteiger partial charge in [-0.05, 0) is 13.0 Å². The van der Waals surface area contributed by atoms with Crippen molar-refractivity contribution < 1.29 is 0 Å². The average molecular weight is 241 g/mol. The molecule has 0 amide bonds. The molecule has 0 fully saturated rings. The highest BCUT2D eigenvalue weighted by molar-refractivity contribution is 7.15. The van der Waals surface area contributed by atoms with Crippen molar-refractivity contribution in [2.75, 3.05) is 0 Å². The fourth-order valence-corrected chi connectivity index (χ4v) is 2.31. The average Bonchev–Trinajstić information content (AvgIpc) is 2.58. The van der Waals surface area contributed by atoms with Crippen molar-refractivity contribution in [1.82, 2.24) is 9.55 Å². The van der Waals surface area contributed by atoms with Crippen LogP contribution in [0.25, 0.3) is 0 Å². The fraction of sp³-hybridized carbons (Fsp3) is 0.200. The van der Waals surface area contributed by atoms with Gasteiger partial charge in [0.15, 0.2) is 4.47 Å². The largest absolute Gasteiger partial charge is 0.308 e. The molecule has 2 heterocycles. The Labute approximate surface area is 96.0 Å². The van der Waals surface area contributed by atoms with E-state index in [0.29, 0.717) is 11.0 Å². The summed E-state index contributed by atoms with van der Waals surface area (Å²) in [5.74, 6) is 0. The lowest BCUT2D eigenvalue weighted by Gasteiger charge is -2.06. The summed E-state index contributed by atoms with van der Waals surface area (Å²) in [6.07, 6.45) is 1.70. The predicted octanol–water partition coefficient (Wildman–Crippen LogP) is 2.31. The Balaban J connectivity index is 2.36. The van der Waals surface area contributed by atoms with Crippen LogP contribution >= 0.6 is 22.9 Å². The van der Waals surface area contributed by atoms with Crippen LogP contribution < -0.4 is 5.56 Å². The predicted molar refractivity (Wildman–Crippen MR) is 61.7 cm³/mol. The second-order valence-corrected chi connectivity index (χ2v) is 4.87. The Hall–Kier alpha value is -1.13. The standard InChI is InChI=1S/C10H9ClN2OS/c1-7-3-2-4-9(14)13(7)6-8-5-12-10(11)15-8/h2-5H,6H2,1H3. The molecule has 0 radical (unpaired) electrons. The number of nitrogens with zero attached hydrogens (tertiary/aromatic N) is 2. The molecule has 0 aromatic carbocycles. The molecule has 0 saturated heterocycles. The molecule has 5 heteroatoms. The van der Waals surface area contributed by atoms with E-state index in [1.807, 2.05) is 13.0 Å². The lowest BCUT2D eigenvalue weighted by Crippen LogP contribution is -2.20. The van der Waals surface area contributed by atoms with Crippen LogP contribution in [0.2, 0.25) is 4.47 Å². The zero-order valence-corrected chi connectivity index (χ0v) is 9.68. The first-order valence-corrected chi connectivity index (χ1v) is 5.63. The van der Waals surface area contributed by atoms with E-state index in [4.69, 9.17) is 11.6 Å². The van der Waals surface area contributed by atoms with Crippen LogP contribution in [-0.2, 0) is 6.54 Å². The number of hydrogen-bond acceptors (Lipinski definition) is 3. The third-order valence-corrected chi connectivity index (χ3v) is 3.21. The maximum Gasteiger partial charge on any atom is 0.251 e. The van der Waals surface area contributed by atoms with Crippen molar-refractivity contribution in [3.8, 4) is 0 Å². The van der Waals surface area contributed by atoms with Crippen LogP contribution in [0.15, 0.2) is 29.2 Å². The summed E-state index contributed by atoms with van der Waals surface area (Å²) >= 11 is 7.12. The molecule has 3 nitrogen and oxygen atoms in total. The van der Waals surface area contributed by atoms with Gasteiger partial charge >= 0.3 is 0 Å². The van der Waals surface area contributed by atoms with Gasteiger partial charge in [-0.3, -0.25) is 4.79 Å². The summed E-state index contributed by atoms with van der Waals surface area (Å²) in [4.78, 5) is 16.5. The molecule has 2 aromatic heterocycles. The smallest absolute Gasteiger partial charge is 0.251 e. The van der Waals surface area contributed by atoms with E-state index in [2.05, 4.69) is 4.98 Å².